The van der Waals surface area contributed by atoms with Gasteiger partial charge in [0.25, 0.3) is 0 Å². The minimum atomic E-state index is -0.0687. The van der Waals surface area contributed by atoms with Gasteiger partial charge in [-0.15, -0.1) is 5.92 Å². The molecule has 0 bridgehead atoms. The highest BCUT2D eigenvalue weighted by Gasteiger charge is 2.10. The van der Waals surface area contributed by atoms with Crippen LogP contribution in [-0.2, 0) is 9.53 Å². The first kappa shape index (κ1) is 18.0. The zero-order valence-electron chi connectivity index (χ0n) is 13.8. The van der Waals surface area contributed by atoms with Gasteiger partial charge >= 0.3 is 0 Å². The van der Waals surface area contributed by atoms with Gasteiger partial charge in [-0.2, -0.15) is 0 Å². The summed E-state index contributed by atoms with van der Waals surface area (Å²) in [6.45, 7) is 1.80. The van der Waals surface area contributed by atoms with Crippen LogP contribution in [0.5, 0.6) is 0 Å². The average Bonchev–Trinajstić information content (AvgIpc) is 2.35. The van der Waals surface area contributed by atoms with Crippen molar-refractivity contribution in [2.24, 2.45) is 0 Å². The van der Waals surface area contributed by atoms with Crippen molar-refractivity contribution in [2.75, 3.05) is 40.8 Å². The molecule has 0 saturated heterocycles. The molecule has 0 aromatic heterocycles. The number of hydrogen-bond acceptors (Lipinski definition) is 2. The van der Waals surface area contributed by atoms with Gasteiger partial charge in [0.1, 0.15) is 12.7 Å². The molecule has 0 heterocycles. The van der Waals surface area contributed by atoms with Crippen LogP contribution in [0.25, 0.3) is 0 Å². The van der Waals surface area contributed by atoms with Crippen molar-refractivity contribution in [1.29, 1.82) is 0 Å². The van der Waals surface area contributed by atoms with Crippen LogP contribution in [0.3, 0.4) is 0 Å². The molecule has 1 aliphatic carbocycles. The maximum absolute atomic E-state index is 11.7. The Hall–Kier alpha value is -1.05. The number of ether oxygens (including phenoxy) is 1. The van der Waals surface area contributed by atoms with Crippen LogP contribution in [0, 0.1) is 18.3 Å². The highest BCUT2D eigenvalue weighted by atomic mass is 16.5. The van der Waals surface area contributed by atoms with Gasteiger partial charge in [0.15, 0.2) is 0 Å². The van der Waals surface area contributed by atoms with Crippen molar-refractivity contribution >= 4 is 5.91 Å². The lowest BCUT2D eigenvalue weighted by atomic mass is 10.1. The molecule has 4 heteroatoms. The summed E-state index contributed by atoms with van der Waals surface area (Å²) in [7, 11) is 6.46. The van der Waals surface area contributed by atoms with Crippen molar-refractivity contribution < 1.29 is 14.0 Å². The SMILES string of the molecule is C[N+](C)(C)C[CH]CCNC(=O)COC1C#CCCCCC1. The number of carbonyl (C=O) groups is 1. The lowest BCUT2D eigenvalue weighted by molar-refractivity contribution is -0.866. The molecule has 21 heavy (non-hydrogen) atoms. The quantitative estimate of drug-likeness (QED) is 0.421. The summed E-state index contributed by atoms with van der Waals surface area (Å²) in [6.07, 6.45) is 8.46. The first-order chi connectivity index (χ1) is 9.97. The van der Waals surface area contributed by atoms with Crippen molar-refractivity contribution in [1.82, 2.24) is 5.32 Å². The zero-order chi connectivity index (χ0) is 15.6. The normalized spacial score (nSPS) is 19.1. The van der Waals surface area contributed by atoms with Crippen molar-refractivity contribution in [3.8, 4) is 11.8 Å². The van der Waals surface area contributed by atoms with Crippen LogP contribution in [0.15, 0.2) is 0 Å². The highest BCUT2D eigenvalue weighted by molar-refractivity contribution is 5.77. The largest absolute Gasteiger partial charge is 0.356 e. The Bertz CT molecular complexity index is 363. The number of carbonyl (C=O) groups excluding carboxylic acids is 1. The van der Waals surface area contributed by atoms with Crippen LogP contribution in [0.4, 0.5) is 0 Å². The van der Waals surface area contributed by atoms with Gasteiger partial charge in [-0.25, -0.2) is 0 Å². The summed E-state index contributed by atoms with van der Waals surface area (Å²) >= 11 is 0. The molecule has 1 aliphatic rings. The maximum atomic E-state index is 11.7. The van der Waals surface area contributed by atoms with E-state index in [4.69, 9.17) is 4.74 Å². The Morgan fingerprint density at radius 2 is 2.14 bits per heavy atom. The standard InChI is InChI=1S/C17H29N2O2/c1-19(2,3)14-10-9-13-18-17(20)15-21-16-11-7-5-4-6-8-12-16/h10,16H,4-7,9,11,13-15H2,1-3H3/p+1. The fourth-order valence-electron chi connectivity index (χ4n) is 2.12. The molecule has 0 aromatic carbocycles. The minimum Gasteiger partial charge on any atom is -0.356 e. The summed E-state index contributed by atoms with van der Waals surface area (Å²) in [4.78, 5) is 11.7. The second kappa shape index (κ2) is 9.81. The first-order valence-electron chi connectivity index (χ1n) is 7.96. The van der Waals surface area contributed by atoms with Gasteiger partial charge in [-0.3, -0.25) is 4.79 Å². The molecular weight excluding hydrogens is 264 g/mol. The molecule has 119 valence electrons. The molecule has 0 fully saturated rings. The van der Waals surface area contributed by atoms with Crippen LogP contribution < -0.4 is 5.32 Å². The predicted octanol–water partition coefficient (Wildman–Crippen LogP) is 1.76. The Balaban J connectivity index is 2.08. The highest BCUT2D eigenvalue weighted by Crippen LogP contribution is 2.10. The van der Waals surface area contributed by atoms with Gasteiger partial charge in [0.05, 0.1) is 27.7 Å². The summed E-state index contributed by atoms with van der Waals surface area (Å²) in [5, 5.41) is 2.89. The lowest BCUT2D eigenvalue weighted by Crippen LogP contribution is -2.36. The van der Waals surface area contributed by atoms with Gasteiger partial charge in [-0.1, -0.05) is 12.3 Å². The monoisotopic (exact) mass is 294 g/mol. The third kappa shape index (κ3) is 10.3. The van der Waals surface area contributed by atoms with Gasteiger partial charge in [0, 0.05) is 19.4 Å². The molecule has 1 radical (unpaired) electrons. The van der Waals surface area contributed by atoms with E-state index in [1.54, 1.807) is 0 Å². The topological polar surface area (TPSA) is 38.3 Å². The Morgan fingerprint density at radius 1 is 1.33 bits per heavy atom. The number of amides is 1. The molecule has 1 amide bonds. The molecule has 1 N–H and O–H groups in total. The van der Waals surface area contributed by atoms with Crippen molar-refractivity contribution in [3.05, 3.63) is 6.42 Å². The zero-order valence-corrected chi connectivity index (χ0v) is 13.8. The maximum Gasteiger partial charge on any atom is 0.246 e. The Labute approximate surface area is 129 Å². The smallest absolute Gasteiger partial charge is 0.246 e. The first-order valence-corrected chi connectivity index (χ1v) is 7.96. The minimum absolute atomic E-state index is 0.0440. The van der Waals surface area contributed by atoms with E-state index in [1.807, 2.05) is 0 Å². The summed E-state index contributed by atoms with van der Waals surface area (Å²) in [6, 6.07) is 0. The number of nitrogens with zero attached hydrogens (tertiary/aromatic N) is 1. The number of hydrogen-bond donors (Lipinski definition) is 1. The molecule has 1 rings (SSSR count). The van der Waals surface area contributed by atoms with Crippen molar-refractivity contribution in [2.45, 2.75) is 44.6 Å². The molecule has 1 unspecified atom stereocenters. The van der Waals surface area contributed by atoms with Crippen LogP contribution in [-0.4, -0.2) is 57.3 Å². The van der Waals surface area contributed by atoms with E-state index >= 15 is 0 Å². The van der Waals surface area contributed by atoms with E-state index in [9.17, 15) is 4.79 Å². The van der Waals surface area contributed by atoms with Crippen molar-refractivity contribution in [3.63, 3.8) is 0 Å². The molecule has 0 aliphatic heterocycles. The number of unbranched alkanes of at least 4 members (excludes halogenated alkanes) is 1. The summed E-state index contributed by atoms with van der Waals surface area (Å²) < 4.78 is 6.51. The molecule has 0 aromatic rings. The lowest BCUT2D eigenvalue weighted by Gasteiger charge is -2.23. The van der Waals surface area contributed by atoms with Crippen LogP contribution >= 0.6 is 0 Å². The average molecular weight is 294 g/mol. The second-order valence-electron chi connectivity index (χ2n) is 6.62. The third-order valence-electron chi connectivity index (χ3n) is 3.29. The molecule has 4 nitrogen and oxygen atoms in total. The van der Waals surface area contributed by atoms with Crippen LogP contribution in [0.1, 0.15) is 38.5 Å². The third-order valence-corrected chi connectivity index (χ3v) is 3.29. The van der Waals surface area contributed by atoms with E-state index in [0.717, 1.165) is 36.7 Å². The van der Waals surface area contributed by atoms with E-state index in [2.05, 4.69) is 44.7 Å². The number of quaternary nitrogens is 1. The van der Waals surface area contributed by atoms with E-state index in [-0.39, 0.29) is 18.6 Å². The fraction of sp³-hybridized carbons (Fsp3) is 0.765. The van der Waals surface area contributed by atoms with E-state index in [0.29, 0.717) is 6.54 Å². The second-order valence-corrected chi connectivity index (χ2v) is 6.62. The molecular formula is C17H30N2O2+. The van der Waals surface area contributed by atoms with Gasteiger partial charge in [0.2, 0.25) is 5.91 Å². The Morgan fingerprint density at radius 3 is 2.90 bits per heavy atom. The number of rotatable bonds is 8. The van der Waals surface area contributed by atoms with Crippen LogP contribution in [0.2, 0.25) is 0 Å². The summed E-state index contributed by atoms with van der Waals surface area (Å²) in [5.74, 6) is 6.19. The molecule has 0 spiro atoms. The van der Waals surface area contributed by atoms with E-state index < -0.39 is 0 Å². The fourth-order valence-corrected chi connectivity index (χ4v) is 2.12. The molecule has 0 saturated carbocycles. The molecule has 1 atom stereocenters. The predicted molar refractivity (Wildman–Crippen MR) is 85.4 cm³/mol. The Kier molecular flexibility index (Phi) is 8.41. The summed E-state index contributed by atoms with van der Waals surface area (Å²) in [5.41, 5.74) is 0. The van der Waals surface area contributed by atoms with E-state index in [1.165, 1.54) is 12.8 Å². The van der Waals surface area contributed by atoms with Gasteiger partial charge in [-0.05, 0) is 25.7 Å². The van der Waals surface area contributed by atoms with Gasteiger partial charge < -0.3 is 14.5 Å². The number of nitrogens with one attached hydrogen (secondary N) is 1.